The second-order valence-electron chi connectivity index (χ2n) is 8.22. The third-order valence-electron chi connectivity index (χ3n) is 5.64. The lowest BCUT2D eigenvalue weighted by molar-refractivity contribution is -0.0368. The smallest absolute Gasteiger partial charge is 0.332 e. The molecule has 0 N–H and O–H groups in total. The van der Waals surface area contributed by atoms with Gasteiger partial charge in [0.25, 0.3) is 5.56 Å². The van der Waals surface area contributed by atoms with Gasteiger partial charge in [-0.15, -0.1) is 0 Å². The molecule has 8 nitrogen and oxygen atoms in total. The molecule has 0 fully saturated rings. The fourth-order valence-electron chi connectivity index (χ4n) is 3.69. The molecule has 1 atom stereocenters. The number of hydrogen-bond acceptors (Lipinski definition) is 5. The van der Waals surface area contributed by atoms with Gasteiger partial charge in [0, 0.05) is 14.1 Å². The Balaban J connectivity index is 1.56. The number of ether oxygens (including phenoxy) is 2. The largest absolute Gasteiger partial charge is 0.374 e. The van der Waals surface area contributed by atoms with E-state index in [0.717, 1.165) is 15.7 Å². The van der Waals surface area contributed by atoms with Crippen LogP contribution in [0.25, 0.3) is 11.2 Å². The number of aryl methyl sites for hydroxylation is 1. The van der Waals surface area contributed by atoms with Gasteiger partial charge in [0.05, 0.1) is 58.9 Å². The number of nitrogens with zero attached hydrogens (tertiary/aromatic N) is 4. The minimum absolute atomic E-state index is 0.202. The first kappa shape index (κ1) is 26.7. The SMILES string of the molecule is Cn1c(=O)c2c(ncn2C[C@H](COCc2ccc(Cl)c(Cl)c2)OCc2ccc(Cl)c(Cl)c2)n(C)c1=O. The molecule has 0 radical (unpaired) electrons. The summed E-state index contributed by atoms with van der Waals surface area (Å²) in [7, 11) is 3.00. The van der Waals surface area contributed by atoms with Gasteiger partial charge in [-0.1, -0.05) is 58.5 Å². The van der Waals surface area contributed by atoms with Gasteiger partial charge in [0.1, 0.15) is 0 Å². The Hall–Kier alpha value is -2.33. The highest BCUT2D eigenvalue weighted by molar-refractivity contribution is 6.42. The molecule has 0 saturated carbocycles. The van der Waals surface area contributed by atoms with Gasteiger partial charge in [-0.05, 0) is 35.4 Å². The second kappa shape index (κ2) is 11.4. The van der Waals surface area contributed by atoms with Crippen molar-refractivity contribution in [2.75, 3.05) is 6.61 Å². The van der Waals surface area contributed by atoms with Crippen LogP contribution in [-0.4, -0.2) is 31.4 Å². The first-order chi connectivity index (χ1) is 17.2. The molecule has 12 heteroatoms. The summed E-state index contributed by atoms with van der Waals surface area (Å²) in [5.74, 6) is 0. The molecule has 0 spiro atoms. The van der Waals surface area contributed by atoms with E-state index in [4.69, 9.17) is 55.9 Å². The first-order valence-electron chi connectivity index (χ1n) is 10.8. The summed E-state index contributed by atoms with van der Waals surface area (Å²) in [6, 6.07) is 10.5. The van der Waals surface area contributed by atoms with Gasteiger partial charge >= 0.3 is 5.69 Å². The van der Waals surface area contributed by atoms with E-state index in [2.05, 4.69) is 4.98 Å². The molecule has 0 unspecified atom stereocenters. The van der Waals surface area contributed by atoms with Crippen molar-refractivity contribution in [1.29, 1.82) is 0 Å². The zero-order valence-corrected chi connectivity index (χ0v) is 22.4. The molecule has 190 valence electrons. The van der Waals surface area contributed by atoms with Crippen LogP contribution in [0.2, 0.25) is 20.1 Å². The van der Waals surface area contributed by atoms with E-state index in [1.54, 1.807) is 35.9 Å². The van der Waals surface area contributed by atoms with Gasteiger partial charge < -0.3 is 14.0 Å². The number of fused-ring (bicyclic) bond motifs is 1. The van der Waals surface area contributed by atoms with Gasteiger partial charge in [0.15, 0.2) is 11.2 Å². The highest BCUT2D eigenvalue weighted by Crippen LogP contribution is 2.24. The quantitative estimate of drug-likeness (QED) is 0.287. The lowest BCUT2D eigenvalue weighted by atomic mass is 10.2. The van der Waals surface area contributed by atoms with Gasteiger partial charge in [0.2, 0.25) is 0 Å². The Morgan fingerprint density at radius 1 is 0.861 bits per heavy atom. The molecule has 0 bridgehead atoms. The van der Waals surface area contributed by atoms with Crippen molar-refractivity contribution < 1.29 is 9.47 Å². The topological polar surface area (TPSA) is 80.3 Å². The van der Waals surface area contributed by atoms with E-state index in [0.29, 0.717) is 31.3 Å². The number of imidazole rings is 1. The molecule has 4 aromatic rings. The van der Waals surface area contributed by atoms with Crippen molar-refractivity contribution >= 4 is 57.6 Å². The predicted molar refractivity (Wildman–Crippen MR) is 141 cm³/mol. The highest BCUT2D eigenvalue weighted by atomic mass is 35.5. The Morgan fingerprint density at radius 3 is 2.08 bits per heavy atom. The first-order valence-corrected chi connectivity index (χ1v) is 12.3. The maximum absolute atomic E-state index is 12.8. The normalized spacial score (nSPS) is 12.4. The summed E-state index contributed by atoms with van der Waals surface area (Å²) in [5.41, 5.74) is 1.38. The van der Waals surface area contributed by atoms with Crippen molar-refractivity contribution in [2.24, 2.45) is 14.1 Å². The molecule has 0 aliphatic rings. The number of rotatable bonds is 9. The molecular formula is C24H22Cl4N4O4. The average molecular weight is 572 g/mol. The number of benzene rings is 2. The molecule has 4 rings (SSSR count). The lowest BCUT2D eigenvalue weighted by Gasteiger charge is -2.19. The van der Waals surface area contributed by atoms with Crippen LogP contribution in [-0.2, 0) is 43.3 Å². The summed E-state index contributed by atoms with van der Waals surface area (Å²) in [5, 5.41) is 1.78. The van der Waals surface area contributed by atoms with Crippen molar-refractivity contribution in [1.82, 2.24) is 18.7 Å². The zero-order chi connectivity index (χ0) is 26.0. The van der Waals surface area contributed by atoms with Crippen LogP contribution in [0, 0.1) is 0 Å². The summed E-state index contributed by atoms with van der Waals surface area (Å²) in [4.78, 5) is 29.4. The third-order valence-corrected chi connectivity index (χ3v) is 7.12. The van der Waals surface area contributed by atoms with Crippen LogP contribution >= 0.6 is 46.4 Å². The van der Waals surface area contributed by atoms with Crippen molar-refractivity contribution in [3.63, 3.8) is 0 Å². The van der Waals surface area contributed by atoms with E-state index < -0.39 is 17.4 Å². The maximum Gasteiger partial charge on any atom is 0.332 e. The summed E-state index contributed by atoms with van der Waals surface area (Å²) in [6.45, 7) is 0.977. The van der Waals surface area contributed by atoms with Gasteiger partial charge in [-0.2, -0.15) is 0 Å². The molecule has 0 saturated heterocycles. The van der Waals surface area contributed by atoms with Gasteiger partial charge in [-0.3, -0.25) is 13.9 Å². The van der Waals surface area contributed by atoms with Crippen LogP contribution in [0.1, 0.15) is 11.1 Å². The van der Waals surface area contributed by atoms with Crippen LogP contribution in [0.3, 0.4) is 0 Å². The Morgan fingerprint density at radius 2 is 1.47 bits per heavy atom. The van der Waals surface area contributed by atoms with E-state index in [9.17, 15) is 9.59 Å². The third kappa shape index (κ3) is 5.80. The van der Waals surface area contributed by atoms with Crippen molar-refractivity contribution in [3.8, 4) is 0 Å². The van der Waals surface area contributed by atoms with Crippen LogP contribution in [0.4, 0.5) is 0 Å². The van der Waals surface area contributed by atoms with E-state index in [-0.39, 0.29) is 26.4 Å². The fourth-order valence-corrected chi connectivity index (χ4v) is 4.33. The monoisotopic (exact) mass is 570 g/mol. The summed E-state index contributed by atoms with van der Waals surface area (Å²) < 4.78 is 16.1. The van der Waals surface area contributed by atoms with Crippen molar-refractivity contribution in [2.45, 2.75) is 25.9 Å². The molecule has 2 aromatic carbocycles. The fraction of sp³-hybridized carbons (Fsp3) is 0.292. The maximum atomic E-state index is 12.8. The number of hydrogen-bond donors (Lipinski definition) is 0. The van der Waals surface area contributed by atoms with E-state index in [1.807, 2.05) is 12.1 Å². The molecule has 0 amide bonds. The predicted octanol–water partition coefficient (Wildman–Crippen LogP) is 4.85. The van der Waals surface area contributed by atoms with E-state index in [1.165, 1.54) is 17.9 Å². The molecule has 36 heavy (non-hydrogen) atoms. The Kier molecular flexibility index (Phi) is 8.44. The minimum atomic E-state index is -0.471. The Bertz CT molecular complexity index is 1530. The summed E-state index contributed by atoms with van der Waals surface area (Å²) in [6.07, 6.45) is 1.04. The van der Waals surface area contributed by atoms with Crippen LogP contribution < -0.4 is 11.2 Å². The standard InChI is InChI=1S/C24H22Cl4N4O4/c1-30-22-21(23(33)31(2)24(30)34)32(13-29-22)9-16(36-11-15-4-6-18(26)20(28)8-15)12-35-10-14-3-5-17(25)19(27)7-14/h3-8,13,16H,9-12H2,1-2H3/t16-/m1/s1. The molecule has 0 aliphatic carbocycles. The van der Waals surface area contributed by atoms with Gasteiger partial charge in [-0.25, -0.2) is 9.78 Å². The molecule has 2 aromatic heterocycles. The molecule has 0 aliphatic heterocycles. The van der Waals surface area contributed by atoms with Crippen LogP contribution in [0.15, 0.2) is 52.3 Å². The minimum Gasteiger partial charge on any atom is -0.374 e. The van der Waals surface area contributed by atoms with Crippen LogP contribution in [0.5, 0.6) is 0 Å². The second-order valence-corrected chi connectivity index (χ2v) is 9.85. The molecular weight excluding hydrogens is 550 g/mol. The zero-order valence-electron chi connectivity index (χ0n) is 19.4. The number of aromatic nitrogens is 4. The summed E-state index contributed by atoms with van der Waals surface area (Å²) >= 11 is 24.2. The van der Waals surface area contributed by atoms with E-state index >= 15 is 0 Å². The lowest BCUT2D eigenvalue weighted by Crippen LogP contribution is -2.38. The number of halogens is 4. The molecule has 2 heterocycles. The Labute approximate surface area is 226 Å². The average Bonchev–Trinajstić information content (AvgIpc) is 3.27. The van der Waals surface area contributed by atoms with Crippen molar-refractivity contribution in [3.05, 3.63) is 94.8 Å². The highest BCUT2D eigenvalue weighted by Gasteiger charge is 2.18.